The van der Waals surface area contributed by atoms with E-state index in [1.807, 2.05) is 41.9 Å². The molecule has 0 radical (unpaired) electrons. The molecule has 3 rings (SSSR count). The minimum Gasteiger partial charge on any atom is -0.347 e. The van der Waals surface area contributed by atoms with Crippen molar-refractivity contribution in [3.63, 3.8) is 0 Å². The number of fused-ring (bicyclic) bond motifs is 1. The third kappa shape index (κ3) is 2.57. The topological polar surface area (TPSA) is 28.7 Å². The van der Waals surface area contributed by atoms with Gasteiger partial charge in [0.2, 0.25) is 0 Å². The molecule has 0 aliphatic rings. The lowest BCUT2D eigenvalue weighted by Crippen LogP contribution is -1.98. The fourth-order valence-electron chi connectivity index (χ4n) is 2.56. The van der Waals surface area contributed by atoms with Crippen LogP contribution in [0.5, 0.6) is 0 Å². The Kier molecular flexibility index (Phi) is 4.06. The van der Waals surface area contributed by atoms with Crippen molar-refractivity contribution in [3.05, 3.63) is 68.3 Å². The molecule has 110 valence electrons. The third-order valence-electron chi connectivity index (χ3n) is 3.76. The minimum absolute atomic E-state index is 0.543. The summed E-state index contributed by atoms with van der Waals surface area (Å²) < 4.78 is 2.02. The zero-order chi connectivity index (χ0) is 15.9. The van der Waals surface area contributed by atoms with Crippen LogP contribution in [0, 0.1) is 11.3 Å². The van der Waals surface area contributed by atoms with E-state index in [1.165, 1.54) is 0 Å². The van der Waals surface area contributed by atoms with Gasteiger partial charge >= 0.3 is 0 Å². The van der Waals surface area contributed by atoms with Gasteiger partial charge in [-0.2, -0.15) is 5.26 Å². The van der Waals surface area contributed by atoms with Crippen molar-refractivity contribution >= 4 is 45.7 Å². The number of halogens is 3. The van der Waals surface area contributed by atoms with Crippen LogP contribution < -0.4 is 0 Å². The van der Waals surface area contributed by atoms with Gasteiger partial charge in [-0.1, -0.05) is 40.9 Å². The second kappa shape index (κ2) is 5.85. The van der Waals surface area contributed by atoms with Gasteiger partial charge in [0.05, 0.1) is 22.2 Å². The average molecular weight is 350 g/mol. The molecule has 0 bridgehead atoms. The molecule has 0 fully saturated rings. The quantitative estimate of drug-likeness (QED) is 0.592. The lowest BCUT2D eigenvalue weighted by molar-refractivity contribution is 0.880. The standard InChI is InChI=1S/C17H11Cl3N2/c1-22-11(7-12-14(18)3-2-4-15(12)19)8-13-16(20)5-10(9-21)6-17(13)22/h2-6,8H,7H2,1H3. The van der Waals surface area contributed by atoms with E-state index in [1.54, 1.807) is 6.07 Å². The molecule has 22 heavy (non-hydrogen) atoms. The van der Waals surface area contributed by atoms with Crippen LogP contribution in [0.3, 0.4) is 0 Å². The number of hydrogen-bond acceptors (Lipinski definition) is 1. The van der Waals surface area contributed by atoms with Crippen molar-refractivity contribution in [2.24, 2.45) is 7.05 Å². The van der Waals surface area contributed by atoms with Gasteiger partial charge in [0.25, 0.3) is 0 Å². The molecule has 0 saturated carbocycles. The van der Waals surface area contributed by atoms with Gasteiger partial charge in [-0.3, -0.25) is 0 Å². The highest BCUT2D eigenvalue weighted by Crippen LogP contribution is 2.32. The number of nitriles is 1. The summed E-state index contributed by atoms with van der Waals surface area (Å²) in [6.07, 6.45) is 0.599. The van der Waals surface area contributed by atoms with E-state index in [9.17, 15) is 0 Å². The molecular formula is C17H11Cl3N2. The maximum atomic E-state index is 9.07. The summed E-state index contributed by atoms with van der Waals surface area (Å²) in [4.78, 5) is 0. The second-order valence-electron chi connectivity index (χ2n) is 5.07. The van der Waals surface area contributed by atoms with Gasteiger partial charge in [0.15, 0.2) is 0 Å². The molecule has 0 amide bonds. The first kappa shape index (κ1) is 15.2. The molecule has 1 aromatic heterocycles. The summed E-state index contributed by atoms with van der Waals surface area (Å²) in [5, 5.41) is 11.8. The second-order valence-corrected chi connectivity index (χ2v) is 6.30. The third-order valence-corrected chi connectivity index (χ3v) is 4.78. The van der Waals surface area contributed by atoms with E-state index < -0.39 is 0 Å². The molecule has 2 aromatic carbocycles. The summed E-state index contributed by atoms with van der Waals surface area (Å²) >= 11 is 18.8. The molecule has 3 aromatic rings. The lowest BCUT2D eigenvalue weighted by atomic mass is 10.1. The Labute approximate surface area is 143 Å². The Balaban J connectivity index is 2.15. The summed E-state index contributed by atoms with van der Waals surface area (Å²) in [7, 11) is 1.94. The Bertz CT molecular complexity index is 900. The fourth-order valence-corrected chi connectivity index (χ4v) is 3.36. The minimum atomic E-state index is 0.543. The van der Waals surface area contributed by atoms with Crippen LogP contribution in [0.4, 0.5) is 0 Å². The van der Waals surface area contributed by atoms with Crippen molar-refractivity contribution in [3.8, 4) is 6.07 Å². The number of benzene rings is 2. The maximum Gasteiger partial charge on any atom is 0.0992 e. The predicted molar refractivity (Wildman–Crippen MR) is 91.9 cm³/mol. The first-order chi connectivity index (χ1) is 10.5. The molecule has 5 heteroatoms. The lowest BCUT2D eigenvalue weighted by Gasteiger charge is -2.08. The zero-order valence-corrected chi connectivity index (χ0v) is 14.0. The first-order valence-corrected chi connectivity index (χ1v) is 7.75. The number of nitrogens with zero attached hydrogens (tertiary/aromatic N) is 2. The van der Waals surface area contributed by atoms with Gasteiger partial charge in [0, 0.05) is 34.6 Å². The monoisotopic (exact) mass is 348 g/mol. The van der Waals surface area contributed by atoms with Crippen molar-refractivity contribution in [1.29, 1.82) is 5.26 Å². The molecule has 1 heterocycles. The van der Waals surface area contributed by atoms with Gasteiger partial charge in [-0.05, 0) is 35.9 Å². The van der Waals surface area contributed by atoms with Crippen LogP contribution in [-0.4, -0.2) is 4.57 Å². The number of aryl methyl sites for hydroxylation is 1. The number of aromatic nitrogens is 1. The summed E-state index contributed by atoms with van der Waals surface area (Å²) in [5.41, 5.74) is 3.37. The molecule has 0 unspecified atom stereocenters. The van der Waals surface area contributed by atoms with Gasteiger partial charge in [0.1, 0.15) is 0 Å². The molecule has 0 atom stereocenters. The van der Waals surface area contributed by atoms with Crippen LogP contribution in [0.25, 0.3) is 10.9 Å². The van der Waals surface area contributed by atoms with E-state index in [-0.39, 0.29) is 0 Å². The van der Waals surface area contributed by atoms with Crippen LogP contribution in [0.15, 0.2) is 36.4 Å². The first-order valence-electron chi connectivity index (χ1n) is 6.62. The fraction of sp³-hybridized carbons (Fsp3) is 0.118. The summed E-state index contributed by atoms with van der Waals surface area (Å²) in [6.45, 7) is 0. The van der Waals surface area contributed by atoms with Crippen molar-refractivity contribution < 1.29 is 0 Å². The summed E-state index contributed by atoms with van der Waals surface area (Å²) in [6, 6.07) is 13.1. The maximum absolute atomic E-state index is 9.07. The Morgan fingerprint density at radius 2 is 1.73 bits per heavy atom. The molecule has 2 nitrogen and oxygen atoms in total. The van der Waals surface area contributed by atoms with E-state index in [0.717, 1.165) is 22.2 Å². The molecule has 0 aliphatic carbocycles. The van der Waals surface area contributed by atoms with Crippen molar-refractivity contribution in [2.75, 3.05) is 0 Å². The van der Waals surface area contributed by atoms with Gasteiger partial charge in [-0.25, -0.2) is 0 Å². The average Bonchev–Trinajstić information content (AvgIpc) is 2.80. The normalized spacial score (nSPS) is 10.9. The highest BCUT2D eigenvalue weighted by Gasteiger charge is 2.13. The molecule has 0 spiro atoms. The largest absolute Gasteiger partial charge is 0.347 e. The van der Waals surface area contributed by atoms with E-state index in [2.05, 4.69) is 6.07 Å². The van der Waals surface area contributed by atoms with Gasteiger partial charge < -0.3 is 4.57 Å². The van der Waals surface area contributed by atoms with Gasteiger partial charge in [-0.15, -0.1) is 0 Å². The van der Waals surface area contributed by atoms with Crippen LogP contribution >= 0.6 is 34.8 Å². The molecule has 0 aliphatic heterocycles. The highest BCUT2D eigenvalue weighted by atomic mass is 35.5. The number of hydrogen-bond donors (Lipinski definition) is 0. The number of rotatable bonds is 2. The summed E-state index contributed by atoms with van der Waals surface area (Å²) in [5.74, 6) is 0. The molecule has 0 saturated heterocycles. The van der Waals surface area contributed by atoms with Crippen molar-refractivity contribution in [2.45, 2.75) is 6.42 Å². The molecule has 0 N–H and O–H groups in total. The molecular weight excluding hydrogens is 339 g/mol. The SMILES string of the molecule is Cn1c(Cc2c(Cl)cccc2Cl)cc2c(Cl)cc(C#N)cc21. The highest BCUT2D eigenvalue weighted by molar-refractivity contribution is 6.36. The van der Waals surface area contributed by atoms with Crippen LogP contribution in [0.2, 0.25) is 15.1 Å². The Morgan fingerprint density at radius 1 is 1.05 bits per heavy atom. The van der Waals surface area contributed by atoms with E-state index >= 15 is 0 Å². The Hall–Kier alpha value is -1.66. The van der Waals surface area contributed by atoms with Crippen molar-refractivity contribution in [1.82, 2.24) is 4.57 Å². The predicted octanol–water partition coefficient (Wildman–Crippen LogP) is 5.60. The smallest absolute Gasteiger partial charge is 0.0992 e. The zero-order valence-electron chi connectivity index (χ0n) is 11.7. The Morgan fingerprint density at radius 3 is 2.36 bits per heavy atom. The van der Waals surface area contributed by atoms with Crippen LogP contribution in [0.1, 0.15) is 16.8 Å². The van der Waals surface area contributed by atoms with Crippen LogP contribution in [-0.2, 0) is 13.5 Å². The van der Waals surface area contributed by atoms with E-state index in [4.69, 9.17) is 40.1 Å². The van der Waals surface area contributed by atoms with E-state index in [0.29, 0.717) is 27.1 Å².